The fraction of sp³-hybridized carbons (Fsp3) is 0.278. The molecule has 0 aliphatic carbocycles. The molecule has 0 aliphatic heterocycles. The molecule has 1 N–H and O–H groups in total. The van der Waals surface area contributed by atoms with E-state index in [1.807, 2.05) is 20.8 Å². The van der Waals surface area contributed by atoms with Gasteiger partial charge in [0.2, 0.25) is 0 Å². The summed E-state index contributed by atoms with van der Waals surface area (Å²) in [7, 11) is 0. The lowest BCUT2D eigenvalue weighted by molar-refractivity contribution is -0.0579. The lowest BCUT2D eigenvalue weighted by Crippen LogP contribution is -2.23. The standard InChI is InChI=1S/C18H18F3NO/c1-17(2,3)13-10-7-11-14(15(13)23)22-16(18(19,20)21)12-8-5-4-6-9-12/h4-11,23H,1-3H3. The van der Waals surface area contributed by atoms with Crippen LogP contribution in [0.1, 0.15) is 31.9 Å². The van der Waals surface area contributed by atoms with Gasteiger partial charge >= 0.3 is 6.18 Å². The number of hydrogen-bond acceptors (Lipinski definition) is 2. The topological polar surface area (TPSA) is 32.6 Å². The van der Waals surface area contributed by atoms with Gasteiger partial charge in [0.15, 0.2) is 5.71 Å². The number of phenols is 1. The molecule has 0 aromatic heterocycles. The molecule has 0 aliphatic rings. The predicted molar refractivity (Wildman–Crippen MR) is 85.5 cm³/mol. The van der Waals surface area contributed by atoms with Crippen molar-refractivity contribution in [3.8, 4) is 5.75 Å². The van der Waals surface area contributed by atoms with Gasteiger partial charge in [-0.15, -0.1) is 0 Å². The van der Waals surface area contributed by atoms with E-state index in [1.54, 1.807) is 18.2 Å². The minimum absolute atomic E-state index is 0.0411. The summed E-state index contributed by atoms with van der Waals surface area (Å²) in [4.78, 5) is 3.72. The van der Waals surface area contributed by atoms with Gasteiger partial charge in [-0.1, -0.05) is 63.2 Å². The third-order valence-electron chi connectivity index (χ3n) is 3.37. The molecule has 0 spiro atoms. The zero-order valence-corrected chi connectivity index (χ0v) is 13.1. The molecule has 5 heteroatoms. The van der Waals surface area contributed by atoms with E-state index < -0.39 is 17.3 Å². The Labute approximate surface area is 133 Å². The first kappa shape index (κ1) is 17.1. The number of aromatic hydroxyl groups is 1. The molecule has 23 heavy (non-hydrogen) atoms. The summed E-state index contributed by atoms with van der Waals surface area (Å²) < 4.78 is 40.0. The van der Waals surface area contributed by atoms with Crippen molar-refractivity contribution in [2.24, 2.45) is 4.99 Å². The molecular weight excluding hydrogens is 303 g/mol. The Morgan fingerprint density at radius 3 is 2.04 bits per heavy atom. The van der Waals surface area contributed by atoms with Gasteiger partial charge < -0.3 is 5.11 Å². The molecule has 0 radical (unpaired) electrons. The molecule has 2 rings (SSSR count). The van der Waals surface area contributed by atoms with Crippen LogP contribution in [0.5, 0.6) is 5.75 Å². The van der Waals surface area contributed by atoms with Crippen LogP contribution in [0.25, 0.3) is 0 Å². The fourth-order valence-corrected chi connectivity index (χ4v) is 2.23. The van der Waals surface area contributed by atoms with E-state index in [4.69, 9.17) is 0 Å². The summed E-state index contributed by atoms with van der Waals surface area (Å²) in [5, 5.41) is 10.3. The molecule has 0 atom stereocenters. The highest BCUT2D eigenvalue weighted by molar-refractivity contribution is 6.06. The highest BCUT2D eigenvalue weighted by Crippen LogP contribution is 2.38. The number of hydrogen-bond donors (Lipinski definition) is 1. The van der Waals surface area contributed by atoms with E-state index in [0.717, 1.165) is 0 Å². The Balaban J connectivity index is 2.62. The van der Waals surface area contributed by atoms with E-state index >= 15 is 0 Å². The van der Waals surface area contributed by atoms with Gasteiger partial charge in [-0.3, -0.25) is 0 Å². The maximum atomic E-state index is 13.3. The van der Waals surface area contributed by atoms with Crippen molar-refractivity contribution in [3.63, 3.8) is 0 Å². The number of alkyl halides is 3. The molecule has 0 heterocycles. The van der Waals surface area contributed by atoms with Crippen molar-refractivity contribution < 1.29 is 18.3 Å². The van der Waals surface area contributed by atoms with Crippen molar-refractivity contribution in [2.45, 2.75) is 32.4 Å². The van der Waals surface area contributed by atoms with E-state index in [1.165, 1.54) is 30.3 Å². The third kappa shape index (κ3) is 3.92. The Hall–Kier alpha value is -2.30. The molecule has 0 unspecified atom stereocenters. The zero-order valence-electron chi connectivity index (χ0n) is 13.1. The summed E-state index contributed by atoms with van der Waals surface area (Å²) in [6.45, 7) is 5.62. The molecular formula is C18H18F3NO. The monoisotopic (exact) mass is 321 g/mol. The predicted octanol–water partition coefficient (Wildman–Crippen LogP) is 5.37. The highest BCUT2D eigenvalue weighted by Gasteiger charge is 2.37. The van der Waals surface area contributed by atoms with Crippen LogP contribution in [0, 0.1) is 0 Å². The largest absolute Gasteiger partial charge is 0.505 e. The van der Waals surface area contributed by atoms with Crippen molar-refractivity contribution in [3.05, 3.63) is 59.7 Å². The SMILES string of the molecule is CC(C)(C)c1cccc(N=C(c2ccccc2)C(F)(F)F)c1O. The Kier molecular flexibility index (Phi) is 4.50. The second-order valence-electron chi connectivity index (χ2n) is 6.25. The lowest BCUT2D eigenvalue weighted by Gasteiger charge is -2.21. The molecule has 0 saturated carbocycles. The minimum Gasteiger partial charge on any atom is -0.505 e. The maximum Gasteiger partial charge on any atom is 0.433 e. The number of para-hydroxylation sites is 1. The van der Waals surface area contributed by atoms with Crippen molar-refractivity contribution in [1.82, 2.24) is 0 Å². The van der Waals surface area contributed by atoms with E-state index in [0.29, 0.717) is 5.56 Å². The lowest BCUT2D eigenvalue weighted by atomic mass is 9.86. The van der Waals surface area contributed by atoms with Gasteiger partial charge in [0.05, 0.1) is 0 Å². The molecule has 2 aromatic rings. The number of benzene rings is 2. The normalized spacial score (nSPS) is 13.2. The fourth-order valence-electron chi connectivity index (χ4n) is 2.23. The van der Waals surface area contributed by atoms with Gasteiger partial charge in [-0.05, 0) is 11.5 Å². The Morgan fingerprint density at radius 2 is 1.52 bits per heavy atom. The summed E-state index contributed by atoms with van der Waals surface area (Å²) in [5.74, 6) is -0.224. The van der Waals surface area contributed by atoms with Gasteiger partial charge in [0.25, 0.3) is 0 Å². The third-order valence-corrected chi connectivity index (χ3v) is 3.37. The van der Waals surface area contributed by atoms with Crippen LogP contribution in [-0.2, 0) is 5.41 Å². The first-order valence-electron chi connectivity index (χ1n) is 7.14. The summed E-state index contributed by atoms with van der Waals surface area (Å²) in [5.41, 5.74) is -1.01. The average molecular weight is 321 g/mol. The van der Waals surface area contributed by atoms with Crippen molar-refractivity contribution in [1.29, 1.82) is 0 Å². The van der Waals surface area contributed by atoms with Gasteiger partial charge in [-0.25, -0.2) is 4.99 Å². The van der Waals surface area contributed by atoms with Crippen LogP contribution in [0.15, 0.2) is 53.5 Å². The smallest absolute Gasteiger partial charge is 0.433 e. The van der Waals surface area contributed by atoms with Gasteiger partial charge in [-0.2, -0.15) is 13.2 Å². The highest BCUT2D eigenvalue weighted by atomic mass is 19.4. The van der Waals surface area contributed by atoms with Crippen LogP contribution in [0.2, 0.25) is 0 Å². The van der Waals surface area contributed by atoms with E-state index in [-0.39, 0.29) is 17.0 Å². The van der Waals surface area contributed by atoms with Crippen molar-refractivity contribution in [2.75, 3.05) is 0 Å². The van der Waals surface area contributed by atoms with Gasteiger partial charge in [0.1, 0.15) is 11.4 Å². The maximum absolute atomic E-state index is 13.3. The van der Waals surface area contributed by atoms with Crippen molar-refractivity contribution >= 4 is 11.4 Å². The van der Waals surface area contributed by atoms with Crippen LogP contribution < -0.4 is 0 Å². The first-order valence-corrected chi connectivity index (χ1v) is 7.14. The number of halogens is 3. The quantitative estimate of drug-likeness (QED) is 0.741. The number of phenolic OH excluding ortho intramolecular Hbond substituents is 1. The summed E-state index contributed by atoms with van der Waals surface area (Å²) >= 11 is 0. The summed E-state index contributed by atoms with van der Waals surface area (Å²) in [6.07, 6.45) is -4.62. The Bertz CT molecular complexity index is 713. The summed E-state index contributed by atoms with van der Waals surface area (Å²) in [6, 6.07) is 12.0. The minimum atomic E-state index is -4.62. The number of nitrogens with zero attached hydrogens (tertiary/aromatic N) is 1. The second-order valence-corrected chi connectivity index (χ2v) is 6.25. The second kappa shape index (κ2) is 6.07. The molecule has 122 valence electrons. The molecule has 0 bridgehead atoms. The van der Waals surface area contributed by atoms with E-state index in [9.17, 15) is 18.3 Å². The molecule has 2 aromatic carbocycles. The zero-order chi connectivity index (χ0) is 17.3. The molecule has 0 fully saturated rings. The molecule has 0 amide bonds. The Morgan fingerprint density at radius 1 is 0.913 bits per heavy atom. The van der Waals surface area contributed by atoms with Crippen LogP contribution in [-0.4, -0.2) is 17.0 Å². The van der Waals surface area contributed by atoms with Crippen LogP contribution >= 0.6 is 0 Å². The van der Waals surface area contributed by atoms with Gasteiger partial charge in [0, 0.05) is 11.1 Å². The number of aliphatic imine (C=N–C) groups is 1. The first-order chi connectivity index (χ1) is 10.6. The van der Waals surface area contributed by atoms with Crippen LogP contribution in [0.4, 0.5) is 18.9 Å². The van der Waals surface area contributed by atoms with E-state index in [2.05, 4.69) is 4.99 Å². The van der Waals surface area contributed by atoms with Crippen LogP contribution in [0.3, 0.4) is 0 Å². The average Bonchev–Trinajstić information content (AvgIpc) is 2.44. The molecule has 2 nitrogen and oxygen atoms in total. The number of rotatable bonds is 2. The molecule has 0 saturated heterocycles.